The summed E-state index contributed by atoms with van der Waals surface area (Å²) in [6.45, 7) is 9.52. The van der Waals surface area contributed by atoms with Gasteiger partial charge in [0.1, 0.15) is 0 Å². The maximum Gasteiger partial charge on any atom is 0.0206 e. The Morgan fingerprint density at radius 3 is 2.27 bits per heavy atom. The average molecular weight is 206 g/mol. The number of hydrogen-bond donors (Lipinski definition) is 2. The van der Waals surface area contributed by atoms with Crippen molar-refractivity contribution in [2.24, 2.45) is 0 Å². The lowest BCUT2D eigenvalue weighted by atomic mass is 10.1. The van der Waals surface area contributed by atoms with E-state index in [0.717, 1.165) is 19.6 Å². The van der Waals surface area contributed by atoms with Gasteiger partial charge in [0.15, 0.2) is 0 Å². The number of rotatable bonds is 5. The van der Waals surface area contributed by atoms with Crippen molar-refractivity contribution in [2.75, 3.05) is 13.1 Å². The predicted molar refractivity (Wildman–Crippen MR) is 65.9 cm³/mol. The van der Waals surface area contributed by atoms with E-state index in [9.17, 15) is 0 Å². The van der Waals surface area contributed by atoms with Crippen molar-refractivity contribution in [1.82, 2.24) is 10.6 Å². The Morgan fingerprint density at radius 1 is 1.00 bits per heavy atom. The van der Waals surface area contributed by atoms with Crippen LogP contribution in [0.1, 0.15) is 26.3 Å². The van der Waals surface area contributed by atoms with Crippen molar-refractivity contribution >= 4 is 0 Å². The van der Waals surface area contributed by atoms with Crippen LogP contribution in [0.2, 0.25) is 0 Å². The van der Waals surface area contributed by atoms with Crippen LogP contribution in [0.3, 0.4) is 0 Å². The molecule has 0 saturated heterocycles. The largest absolute Gasteiger partial charge is 0.311 e. The fourth-order valence-electron chi connectivity index (χ4n) is 1.35. The van der Waals surface area contributed by atoms with Crippen LogP contribution in [0.5, 0.6) is 0 Å². The van der Waals surface area contributed by atoms with Gasteiger partial charge in [0, 0.05) is 25.2 Å². The highest BCUT2D eigenvalue weighted by Crippen LogP contribution is 1.98. The summed E-state index contributed by atoms with van der Waals surface area (Å²) in [5.74, 6) is 0. The molecule has 0 atom stereocenters. The molecule has 0 spiro atoms. The van der Waals surface area contributed by atoms with E-state index in [1.807, 2.05) is 6.07 Å². The maximum atomic E-state index is 3.45. The summed E-state index contributed by atoms with van der Waals surface area (Å²) in [5, 5.41) is 6.86. The molecule has 0 unspecified atom stereocenters. The summed E-state index contributed by atoms with van der Waals surface area (Å²) in [4.78, 5) is 0. The zero-order valence-electron chi connectivity index (χ0n) is 10.0. The third kappa shape index (κ3) is 6.26. The molecule has 2 nitrogen and oxygen atoms in total. The second-order valence-corrected chi connectivity index (χ2v) is 4.84. The van der Waals surface area contributed by atoms with Gasteiger partial charge in [-0.1, -0.05) is 30.3 Å². The van der Waals surface area contributed by atoms with Gasteiger partial charge < -0.3 is 10.6 Å². The molecule has 0 aromatic heterocycles. The Morgan fingerprint density at radius 2 is 1.67 bits per heavy atom. The normalized spacial score (nSPS) is 11.7. The minimum atomic E-state index is 0.217. The Balaban J connectivity index is 2.08. The highest BCUT2D eigenvalue weighted by Gasteiger charge is 2.06. The summed E-state index contributed by atoms with van der Waals surface area (Å²) < 4.78 is 0. The van der Waals surface area contributed by atoms with E-state index in [1.54, 1.807) is 0 Å². The van der Waals surface area contributed by atoms with E-state index in [4.69, 9.17) is 0 Å². The first-order valence-corrected chi connectivity index (χ1v) is 5.57. The van der Waals surface area contributed by atoms with Crippen molar-refractivity contribution < 1.29 is 0 Å². The van der Waals surface area contributed by atoms with Gasteiger partial charge in [-0.2, -0.15) is 0 Å². The summed E-state index contributed by atoms with van der Waals surface area (Å²) in [6, 6.07) is 10.5. The molecule has 84 valence electrons. The van der Waals surface area contributed by atoms with Crippen LogP contribution < -0.4 is 10.6 Å². The first-order valence-electron chi connectivity index (χ1n) is 5.57. The fraction of sp³-hybridized carbons (Fsp3) is 0.538. The molecule has 0 bridgehead atoms. The second kappa shape index (κ2) is 5.89. The first-order chi connectivity index (χ1) is 7.08. The van der Waals surface area contributed by atoms with Gasteiger partial charge in [-0.3, -0.25) is 0 Å². The molecule has 0 aliphatic carbocycles. The summed E-state index contributed by atoms with van der Waals surface area (Å²) in [5.41, 5.74) is 1.56. The van der Waals surface area contributed by atoms with Crippen LogP contribution in [-0.4, -0.2) is 18.6 Å². The number of benzene rings is 1. The molecular formula is C13H22N2. The van der Waals surface area contributed by atoms with Crippen LogP contribution in [0.4, 0.5) is 0 Å². The third-order valence-electron chi connectivity index (χ3n) is 2.13. The number of hydrogen-bond acceptors (Lipinski definition) is 2. The molecule has 0 aliphatic rings. The first kappa shape index (κ1) is 12.2. The lowest BCUT2D eigenvalue weighted by Crippen LogP contribution is -2.40. The summed E-state index contributed by atoms with van der Waals surface area (Å²) >= 11 is 0. The smallest absolute Gasteiger partial charge is 0.0206 e. The van der Waals surface area contributed by atoms with E-state index in [2.05, 4.69) is 55.7 Å². The number of nitrogens with one attached hydrogen (secondary N) is 2. The van der Waals surface area contributed by atoms with Crippen molar-refractivity contribution in [1.29, 1.82) is 0 Å². The second-order valence-electron chi connectivity index (χ2n) is 4.84. The molecule has 0 radical (unpaired) electrons. The minimum absolute atomic E-state index is 0.217. The lowest BCUT2D eigenvalue weighted by molar-refractivity contribution is 0.421. The van der Waals surface area contributed by atoms with E-state index >= 15 is 0 Å². The van der Waals surface area contributed by atoms with Crippen LogP contribution in [0.25, 0.3) is 0 Å². The van der Waals surface area contributed by atoms with E-state index < -0.39 is 0 Å². The maximum absolute atomic E-state index is 3.45. The molecule has 15 heavy (non-hydrogen) atoms. The van der Waals surface area contributed by atoms with Gasteiger partial charge in [-0.25, -0.2) is 0 Å². The molecule has 0 fully saturated rings. The molecule has 1 aromatic rings. The lowest BCUT2D eigenvalue weighted by Gasteiger charge is -2.20. The van der Waals surface area contributed by atoms with Crippen LogP contribution in [0.15, 0.2) is 30.3 Å². The highest BCUT2D eigenvalue weighted by molar-refractivity contribution is 5.14. The van der Waals surface area contributed by atoms with Crippen molar-refractivity contribution in [2.45, 2.75) is 32.9 Å². The Hall–Kier alpha value is -0.860. The van der Waals surface area contributed by atoms with Gasteiger partial charge in [-0.15, -0.1) is 0 Å². The van der Waals surface area contributed by atoms with Gasteiger partial charge in [0.25, 0.3) is 0 Å². The van der Waals surface area contributed by atoms with Crippen molar-refractivity contribution in [3.63, 3.8) is 0 Å². The minimum Gasteiger partial charge on any atom is -0.311 e. The van der Waals surface area contributed by atoms with Crippen molar-refractivity contribution in [3.8, 4) is 0 Å². The van der Waals surface area contributed by atoms with Gasteiger partial charge in [0.2, 0.25) is 0 Å². The molecule has 2 N–H and O–H groups in total. The molecule has 0 aliphatic heterocycles. The Kier molecular flexibility index (Phi) is 4.79. The Bertz CT molecular complexity index is 262. The van der Waals surface area contributed by atoms with E-state index in [1.165, 1.54) is 5.56 Å². The monoisotopic (exact) mass is 206 g/mol. The third-order valence-corrected chi connectivity index (χ3v) is 2.13. The zero-order chi connectivity index (χ0) is 11.1. The van der Waals surface area contributed by atoms with E-state index in [-0.39, 0.29) is 5.54 Å². The molecule has 0 saturated carbocycles. The molecule has 1 aromatic carbocycles. The van der Waals surface area contributed by atoms with Crippen LogP contribution in [-0.2, 0) is 6.54 Å². The van der Waals surface area contributed by atoms with Crippen molar-refractivity contribution in [3.05, 3.63) is 35.9 Å². The predicted octanol–water partition coefficient (Wildman–Crippen LogP) is 2.16. The van der Waals surface area contributed by atoms with Gasteiger partial charge in [-0.05, 0) is 26.3 Å². The molecule has 2 heteroatoms. The zero-order valence-corrected chi connectivity index (χ0v) is 10.0. The highest BCUT2D eigenvalue weighted by atomic mass is 15.0. The van der Waals surface area contributed by atoms with Gasteiger partial charge >= 0.3 is 0 Å². The molecular weight excluding hydrogens is 184 g/mol. The topological polar surface area (TPSA) is 24.1 Å². The molecule has 1 rings (SSSR count). The summed E-state index contributed by atoms with van der Waals surface area (Å²) in [6.07, 6.45) is 0. The van der Waals surface area contributed by atoms with Crippen LogP contribution >= 0.6 is 0 Å². The summed E-state index contributed by atoms with van der Waals surface area (Å²) in [7, 11) is 0. The molecule has 0 amide bonds. The van der Waals surface area contributed by atoms with Crippen LogP contribution in [0, 0.1) is 0 Å². The standard InChI is InChI=1S/C13H22N2/c1-13(2,3)15-10-9-14-11-12-7-5-4-6-8-12/h4-8,14-15H,9-11H2,1-3H3. The van der Waals surface area contributed by atoms with Gasteiger partial charge in [0.05, 0.1) is 0 Å². The fourth-order valence-corrected chi connectivity index (χ4v) is 1.35. The van der Waals surface area contributed by atoms with E-state index in [0.29, 0.717) is 0 Å². The quantitative estimate of drug-likeness (QED) is 0.721. The SMILES string of the molecule is CC(C)(C)NCCNCc1ccccc1. The molecule has 0 heterocycles. The Labute approximate surface area is 93.1 Å². The average Bonchev–Trinajstić information content (AvgIpc) is 2.17.